The van der Waals surface area contributed by atoms with E-state index in [1.54, 1.807) is 0 Å². The largest absolute Gasteiger partial charge is 0.462 e. The van der Waals surface area contributed by atoms with Crippen molar-refractivity contribution in [3.8, 4) is 0 Å². The number of carbonyl (C=O) groups is 1. The van der Waals surface area contributed by atoms with E-state index in [1.165, 1.54) is 18.0 Å². The van der Waals surface area contributed by atoms with Gasteiger partial charge in [-0.3, -0.25) is 0 Å². The van der Waals surface area contributed by atoms with Crippen molar-refractivity contribution in [2.24, 2.45) is 0 Å². The standard InChI is InChI=1S/C19H22O2Si/c1-2-3-4-10-15-21-19(20)17-13-8-9-14-18(17)22-16-11-6-5-7-12-16/h5-9,11-14H,2-4,10,15H2,1H3. The molecule has 22 heavy (non-hydrogen) atoms. The topological polar surface area (TPSA) is 26.3 Å². The molecule has 0 spiro atoms. The number of hydrogen-bond donors (Lipinski definition) is 0. The molecule has 0 aliphatic rings. The molecule has 0 bridgehead atoms. The van der Waals surface area contributed by atoms with Gasteiger partial charge < -0.3 is 4.74 Å². The summed E-state index contributed by atoms with van der Waals surface area (Å²) in [6, 6.07) is 18.0. The zero-order valence-corrected chi connectivity index (χ0v) is 14.0. The van der Waals surface area contributed by atoms with Gasteiger partial charge in [0.2, 0.25) is 0 Å². The van der Waals surface area contributed by atoms with Crippen LogP contribution in [0.5, 0.6) is 0 Å². The fourth-order valence-electron chi connectivity index (χ4n) is 2.22. The number of esters is 1. The molecule has 0 amide bonds. The Kier molecular flexibility index (Phi) is 6.90. The smallest absolute Gasteiger partial charge is 0.337 e. The maximum Gasteiger partial charge on any atom is 0.337 e. The Morgan fingerprint density at radius 3 is 2.45 bits per heavy atom. The van der Waals surface area contributed by atoms with Gasteiger partial charge in [-0.05, 0) is 17.7 Å². The van der Waals surface area contributed by atoms with Gasteiger partial charge in [0.25, 0.3) is 0 Å². The van der Waals surface area contributed by atoms with Gasteiger partial charge >= 0.3 is 5.97 Å². The maximum absolute atomic E-state index is 12.3. The van der Waals surface area contributed by atoms with Crippen molar-refractivity contribution in [3.05, 3.63) is 60.2 Å². The Morgan fingerprint density at radius 2 is 1.68 bits per heavy atom. The Morgan fingerprint density at radius 1 is 0.955 bits per heavy atom. The average Bonchev–Trinajstić information content (AvgIpc) is 2.56. The van der Waals surface area contributed by atoms with Crippen molar-refractivity contribution in [1.29, 1.82) is 0 Å². The first-order chi connectivity index (χ1) is 10.8. The third kappa shape index (κ3) is 5.15. The molecule has 2 radical (unpaired) electrons. The molecule has 0 aliphatic carbocycles. The van der Waals surface area contributed by atoms with E-state index in [0.29, 0.717) is 21.7 Å². The summed E-state index contributed by atoms with van der Waals surface area (Å²) in [6.45, 7) is 2.69. The van der Waals surface area contributed by atoms with Crippen LogP contribution < -0.4 is 10.4 Å². The van der Waals surface area contributed by atoms with E-state index in [0.717, 1.165) is 18.0 Å². The highest BCUT2D eigenvalue weighted by molar-refractivity contribution is 6.68. The van der Waals surface area contributed by atoms with Gasteiger partial charge in [-0.25, -0.2) is 4.79 Å². The van der Waals surface area contributed by atoms with Crippen molar-refractivity contribution < 1.29 is 9.53 Å². The Bertz CT molecular complexity index is 581. The second kappa shape index (κ2) is 9.21. The summed E-state index contributed by atoms with van der Waals surface area (Å²) in [6.07, 6.45) is 4.46. The lowest BCUT2D eigenvalue weighted by Crippen LogP contribution is -2.31. The summed E-state index contributed by atoms with van der Waals surface area (Å²) < 4.78 is 5.42. The maximum atomic E-state index is 12.3. The number of unbranched alkanes of at least 4 members (excludes halogenated alkanes) is 3. The molecule has 0 atom stereocenters. The lowest BCUT2D eigenvalue weighted by molar-refractivity contribution is 0.0499. The Labute approximate surface area is 135 Å². The monoisotopic (exact) mass is 310 g/mol. The molecule has 0 aliphatic heterocycles. The normalized spacial score (nSPS) is 10.4. The number of carbonyl (C=O) groups excluding carboxylic acids is 1. The summed E-state index contributed by atoms with van der Waals surface area (Å²) in [5, 5.41) is 2.28. The van der Waals surface area contributed by atoms with Crippen LogP contribution in [0.3, 0.4) is 0 Å². The van der Waals surface area contributed by atoms with Gasteiger partial charge in [0.15, 0.2) is 0 Å². The highest BCUT2D eigenvalue weighted by atomic mass is 28.2. The van der Waals surface area contributed by atoms with E-state index < -0.39 is 0 Å². The van der Waals surface area contributed by atoms with Crippen molar-refractivity contribution >= 4 is 25.9 Å². The number of benzene rings is 2. The van der Waals surface area contributed by atoms with Crippen molar-refractivity contribution in [2.45, 2.75) is 32.6 Å². The summed E-state index contributed by atoms with van der Waals surface area (Å²) in [5.74, 6) is -0.199. The van der Waals surface area contributed by atoms with Crippen molar-refractivity contribution in [3.63, 3.8) is 0 Å². The summed E-state index contributed by atoms with van der Waals surface area (Å²) >= 11 is 0. The molecule has 0 unspecified atom stereocenters. The third-order valence-corrected chi connectivity index (χ3v) is 4.76. The van der Waals surface area contributed by atoms with Gasteiger partial charge in [-0.15, -0.1) is 0 Å². The molecular formula is C19H22O2Si. The first kappa shape index (κ1) is 16.5. The van der Waals surface area contributed by atoms with E-state index in [4.69, 9.17) is 4.74 Å². The van der Waals surface area contributed by atoms with Crippen LogP contribution in [0.15, 0.2) is 54.6 Å². The molecule has 0 saturated heterocycles. The zero-order valence-electron chi connectivity index (χ0n) is 13.0. The first-order valence-electron chi connectivity index (χ1n) is 7.89. The molecule has 3 heteroatoms. The molecule has 2 aromatic rings. The van der Waals surface area contributed by atoms with Crippen molar-refractivity contribution in [2.75, 3.05) is 6.61 Å². The van der Waals surface area contributed by atoms with E-state index in [2.05, 4.69) is 19.1 Å². The minimum absolute atomic E-state index is 0.199. The molecule has 2 nitrogen and oxygen atoms in total. The number of ether oxygens (including phenoxy) is 1. The third-order valence-electron chi connectivity index (χ3n) is 3.43. The van der Waals surface area contributed by atoms with E-state index >= 15 is 0 Å². The molecule has 2 aromatic carbocycles. The van der Waals surface area contributed by atoms with Gasteiger partial charge in [0.1, 0.15) is 9.52 Å². The molecule has 0 fully saturated rings. The molecular weight excluding hydrogens is 288 g/mol. The van der Waals surface area contributed by atoms with Gasteiger partial charge in [0.05, 0.1) is 12.2 Å². The average molecular weight is 310 g/mol. The highest BCUT2D eigenvalue weighted by Gasteiger charge is 2.13. The Hall–Kier alpha value is -1.87. The van der Waals surface area contributed by atoms with Gasteiger partial charge in [0, 0.05) is 0 Å². The lowest BCUT2D eigenvalue weighted by Gasteiger charge is -2.09. The van der Waals surface area contributed by atoms with Crippen LogP contribution in [0, 0.1) is 0 Å². The van der Waals surface area contributed by atoms with Crippen LogP contribution in [-0.4, -0.2) is 22.1 Å². The van der Waals surface area contributed by atoms with Crippen LogP contribution in [0.1, 0.15) is 43.0 Å². The van der Waals surface area contributed by atoms with E-state index in [9.17, 15) is 4.79 Å². The molecule has 0 aromatic heterocycles. The second-order valence-electron chi connectivity index (χ2n) is 5.23. The zero-order chi connectivity index (χ0) is 15.6. The van der Waals surface area contributed by atoms with E-state index in [-0.39, 0.29) is 5.97 Å². The Balaban J connectivity index is 1.97. The first-order valence-corrected chi connectivity index (χ1v) is 8.89. The minimum Gasteiger partial charge on any atom is -0.462 e. The quantitative estimate of drug-likeness (QED) is 0.425. The minimum atomic E-state index is -0.199. The van der Waals surface area contributed by atoms with Gasteiger partial charge in [-0.2, -0.15) is 0 Å². The summed E-state index contributed by atoms with van der Waals surface area (Å²) in [5.41, 5.74) is 0.695. The molecule has 114 valence electrons. The lowest BCUT2D eigenvalue weighted by atomic mass is 10.2. The fourth-order valence-corrected chi connectivity index (χ4v) is 3.39. The highest BCUT2D eigenvalue weighted by Crippen LogP contribution is 2.03. The van der Waals surface area contributed by atoms with Crippen LogP contribution >= 0.6 is 0 Å². The summed E-state index contributed by atoms with van der Waals surface area (Å²) in [7, 11) is 0.473. The summed E-state index contributed by atoms with van der Waals surface area (Å²) in [4.78, 5) is 12.3. The molecule has 0 saturated carbocycles. The number of rotatable bonds is 8. The van der Waals surface area contributed by atoms with Crippen LogP contribution in [-0.2, 0) is 4.74 Å². The molecule has 0 heterocycles. The number of hydrogen-bond acceptors (Lipinski definition) is 2. The van der Waals surface area contributed by atoms with Gasteiger partial charge in [-0.1, -0.05) is 79.9 Å². The molecule has 0 N–H and O–H groups in total. The van der Waals surface area contributed by atoms with Crippen molar-refractivity contribution in [1.82, 2.24) is 0 Å². The predicted octanol–water partition coefficient (Wildman–Crippen LogP) is 3.08. The fraction of sp³-hybridized carbons (Fsp3) is 0.316. The van der Waals surface area contributed by atoms with Crippen LogP contribution in [0.4, 0.5) is 0 Å². The van der Waals surface area contributed by atoms with E-state index in [1.807, 2.05) is 42.5 Å². The predicted molar refractivity (Wildman–Crippen MR) is 92.3 cm³/mol. The van der Waals surface area contributed by atoms with Crippen LogP contribution in [0.2, 0.25) is 0 Å². The van der Waals surface area contributed by atoms with Crippen LogP contribution in [0.25, 0.3) is 0 Å². The SMILES string of the molecule is CCCCCCOC(=O)c1ccccc1[Si]c1ccccc1. The second-order valence-corrected chi connectivity index (χ2v) is 6.60. The molecule has 2 rings (SSSR count).